The molecule has 1 aliphatic rings. The van der Waals surface area contributed by atoms with Gasteiger partial charge in [0, 0.05) is 24.9 Å². The molecule has 0 N–H and O–H groups in total. The molecule has 0 bridgehead atoms. The molecule has 0 radical (unpaired) electrons. The van der Waals surface area contributed by atoms with Crippen molar-refractivity contribution in [1.29, 1.82) is 0 Å². The van der Waals surface area contributed by atoms with Crippen LogP contribution in [0.5, 0.6) is 5.75 Å². The molecule has 0 aliphatic carbocycles. The zero-order valence-corrected chi connectivity index (χ0v) is 19.5. The fourth-order valence-electron chi connectivity index (χ4n) is 3.59. The van der Waals surface area contributed by atoms with Crippen molar-refractivity contribution in [2.45, 2.75) is 39.0 Å². The van der Waals surface area contributed by atoms with Crippen LogP contribution in [-0.4, -0.2) is 60.4 Å². The van der Waals surface area contributed by atoms with Crippen LogP contribution in [0.4, 0.5) is 0 Å². The lowest BCUT2D eigenvalue weighted by atomic mass is 10.2. The van der Waals surface area contributed by atoms with Crippen molar-refractivity contribution in [3.05, 3.63) is 66.0 Å². The highest BCUT2D eigenvalue weighted by Crippen LogP contribution is 2.19. The number of likely N-dealkylation sites (N-methyl/N-ethyl adjacent to an activating group) is 1. The standard InChI is InChI=1S/C24H28N2O6S/c1-3-26(21-13-15-33(29,30)17-21)24(28)18(2)32-23(27)12-9-19-7-10-22(11-8-19)31-16-20-6-4-5-14-25-20/h4-12,14,18,21H,3,13,15-17H2,1-2H3/b12-9+. The molecule has 2 heterocycles. The number of hydrogen-bond donors (Lipinski definition) is 0. The van der Waals surface area contributed by atoms with Crippen LogP contribution < -0.4 is 4.74 Å². The minimum atomic E-state index is -3.12. The molecule has 1 amide bonds. The van der Waals surface area contributed by atoms with Crippen molar-refractivity contribution in [3.8, 4) is 5.75 Å². The van der Waals surface area contributed by atoms with Crippen molar-refractivity contribution in [3.63, 3.8) is 0 Å². The van der Waals surface area contributed by atoms with E-state index >= 15 is 0 Å². The number of sulfone groups is 1. The Balaban J connectivity index is 1.49. The number of rotatable bonds is 9. The van der Waals surface area contributed by atoms with Crippen molar-refractivity contribution >= 4 is 27.8 Å². The lowest BCUT2D eigenvalue weighted by Gasteiger charge is -2.29. The lowest BCUT2D eigenvalue weighted by molar-refractivity contribution is -0.156. The van der Waals surface area contributed by atoms with Crippen LogP contribution in [0.2, 0.25) is 0 Å². The van der Waals surface area contributed by atoms with Crippen LogP contribution in [0.25, 0.3) is 6.08 Å². The second-order valence-electron chi connectivity index (χ2n) is 7.77. The van der Waals surface area contributed by atoms with Crippen LogP contribution in [0.15, 0.2) is 54.7 Å². The summed E-state index contributed by atoms with van der Waals surface area (Å²) in [4.78, 5) is 30.6. The summed E-state index contributed by atoms with van der Waals surface area (Å²) in [5.41, 5.74) is 1.59. The summed E-state index contributed by atoms with van der Waals surface area (Å²) in [5.74, 6) is -0.342. The Labute approximate surface area is 194 Å². The maximum absolute atomic E-state index is 12.7. The third kappa shape index (κ3) is 7.15. The minimum Gasteiger partial charge on any atom is -0.487 e. The topological polar surface area (TPSA) is 103 Å². The highest BCUT2D eigenvalue weighted by molar-refractivity contribution is 7.91. The molecule has 1 aromatic carbocycles. The normalized spacial score (nSPS) is 18.1. The van der Waals surface area contributed by atoms with Gasteiger partial charge in [0.05, 0.1) is 17.2 Å². The van der Waals surface area contributed by atoms with Crippen LogP contribution in [0, 0.1) is 0 Å². The van der Waals surface area contributed by atoms with Gasteiger partial charge in [-0.3, -0.25) is 9.78 Å². The van der Waals surface area contributed by atoms with Gasteiger partial charge in [-0.15, -0.1) is 0 Å². The highest BCUT2D eigenvalue weighted by atomic mass is 32.2. The second-order valence-corrected chi connectivity index (χ2v) is 10.0. The number of hydrogen-bond acceptors (Lipinski definition) is 7. The molecule has 9 heteroatoms. The largest absolute Gasteiger partial charge is 0.487 e. The highest BCUT2D eigenvalue weighted by Gasteiger charge is 2.36. The van der Waals surface area contributed by atoms with Crippen LogP contribution in [0.1, 0.15) is 31.5 Å². The summed E-state index contributed by atoms with van der Waals surface area (Å²) in [6.07, 6.45) is 3.95. The predicted molar refractivity (Wildman–Crippen MR) is 124 cm³/mol. The van der Waals surface area contributed by atoms with Crippen LogP contribution in [-0.2, 0) is 30.8 Å². The molecule has 0 spiro atoms. The fraction of sp³-hybridized carbons (Fsp3) is 0.375. The zero-order chi connectivity index (χ0) is 23.8. The third-order valence-corrected chi connectivity index (χ3v) is 7.07. The van der Waals surface area contributed by atoms with E-state index in [1.807, 2.05) is 18.2 Å². The Hall–Kier alpha value is -3.20. The van der Waals surface area contributed by atoms with Gasteiger partial charge in [-0.05, 0) is 56.2 Å². The lowest BCUT2D eigenvalue weighted by Crippen LogP contribution is -2.46. The Morgan fingerprint density at radius 1 is 1.21 bits per heavy atom. The number of carbonyl (C=O) groups excluding carboxylic acids is 2. The number of nitrogens with zero attached hydrogens (tertiary/aromatic N) is 2. The molecule has 1 aromatic heterocycles. The SMILES string of the molecule is CCN(C(=O)C(C)OC(=O)/C=C/c1ccc(OCc2ccccn2)cc1)C1CCS(=O)(=O)C1. The average molecular weight is 473 g/mol. The second kappa shape index (κ2) is 11.1. The number of esters is 1. The smallest absolute Gasteiger partial charge is 0.331 e. The zero-order valence-electron chi connectivity index (χ0n) is 18.7. The van der Waals surface area contributed by atoms with Gasteiger partial charge in [-0.25, -0.2) is 13.2 Å². The van der Waals surface area contributed by atoms with Gasteiger partial charge >= 0.3 is 5.97 Å². The number of pyridine rings is 1. The Bertz CT molecular complexity index is 1080. The van der Waals surface area contributed by atoms with E-state index in [4.69, 9.17) is 9.47 Å². The first kappa shape index (κ1) is 24.4. The van der Waals surface area contributed by atoms with E-state index in [0.29, 0.717) is 25.3 Å². The first-order chi connectivity index (χ1) is 15.8. The van der Waals surface area contributed by atoms with Crippen LogP contribution in [0.3, 0.4) is 0 Å². The summed E-state index contributed by atoms with van der Waals surface area (Å²) < 4.78 is 34.4. The molecule has 1 saturated heterocycles. The van der Waals surface area contributed by atoms with Gasteiger partial charge in [0.1, 0.15) is 12.4 Å². The fourth-order valence-corrected chi connectivity index (χ4v) is 5.32. The van der Waals surface area contributed by atoms with E-state index in [2.05, 4.69) is 4.98 Å². The molecule has 8 nitrogen and oxygen atoms in total. The van der Waals surface area contributed by atoms with Crippen molar-refractivity contribution in [2.75, 3.05) is 18.1 Å². The van der Waals surface area contributed by atoms with E-state index in [1.54, 1.807) is 43.5 Å². The predicted octanol–water partition coefficient (Wildman–Crippen LogP) is 2.64. The number of carbonyl (C=O) groups is 2. The van der Waals surface area contributed by atoms with Gasteiger partial charge in [0.2, 0.25) is 0 Å². The molecule has 2 atom stereocenters. The van der Waals surface area contributed by atoms with Gasteiger partial charge in [0.25, 0.3) is 5.91 Å². The molecular weight excluding hydrogens is 444 g/mol. The van der Waals surface area contributed by atoms with E-state index < -0.39 is 27.8 Å². The molecule has 2 unspecified atom stereocenters. The maximum Gasteiger partial charge on any atom is 0.331 e. The average Bonchev–Trinajstić information content (AvgIpc) is 3.17. The van der Waals surface area contributed by atoms with Crippen molar-refractivity contribution in [2.24, 2.45) is 0 Å². The Kier molecular flexibility index (Phi) is 8.21. The first-order valence-electron chi connectivity index (χ1n) is 10.8. The van der Waals surface area contributed by atoms with Crippen molar-refractivity contribution < 1.29 is 27.5 Å². The van der Waals surface area contributed by atoms with Gasteiger partial charge in [-0.1, -0.05) is 18.2 Å². The number of aromatic nitrogens is 1. The maximum atomic E-state index is 12.7. The minimum absolute atomic E-state index is 0.0469. The van der Waals surface area contributed by atoms with Gasteiger partial charge < -0.3 is 14.4 Å². The molecule has 3 rings (SSSR count). The summed E-state index contributed by atoms with van der Waals surface area (Å²) in [6, 6.07) is 12.4. The third-order valence-electron chi connectivity index (χ3n) is 5.32. The number of amides is 1. The van der Waals surface area contributed by atoms with Crippen molar-refractivity contribution in [1.82, 2.24) is 9.88 Å². The Morgan fingerprint density at radius 3 is 2.58 bits per heavy atom. The van der Waals surface area contributed by atoms with E-state index in [9.17, 15) is 18.0 Å². The molecule has 1 aliphatic heterocycles. The molecule has 176 valence electrons. The van der Waals surface area contributed by atoms with Crippen LogP contribution >= 0.6 is 0 Å². The molecule has 2 aromatic rings. The summed E-state index contributed by atoms with van der Waals surface area (Å²) in [5, 5.41) is 0. The summed E-state index contributed by atoms with van der Waals surface area (Å²) in [7, 11) is -3.12. The number of benzene rings is 1. The molecule has 1 fully saturated rings. The van der Waals surface area contributed by atoms with Gasteiger partial charge in [-0.2, -0.15) is 0 Å². The molecule has 0 saturated carbocycles. The van der Waals surface area contributed by atoms with E-state index in [-0.39, 0.29) is 17.5 Å². The summed E-state index contributed by atoms with van der Waals surface area (Å²) >= 11 is 0. The number of ether oxygens (including phenoxy) is 2. The monoisotopic (exact) mass is 472 g/mol. The quantitative estimate of drug-likeness (QED) is 0.408. The first-order valence-corrected chi connectivity index (χ1v) is 12.6. The van der Waals surface area contributed by atoms with Gasteiger partial charge in [0.15, 0.2) is 15.9 Å². The molecular formula is C24H28N2O6S. The molecule has 33 heavy (non-hydrogen) atoms. The summed E-state index contributed by atoms with van der Waals surface area (Å²) in [6.45, 7) is 3.98. The van der Waals surface area contributed by atoms with E-state index in [1.165, 1.54) is 17.9 Å². The van der Waals surface area contributed by atoms with E-state index in [0.717, 1.165) is 11.3 Å². The Morgan fingerprint density at radius 2 is 1.97 bits per heavy atom.